The van der Waals surface area contributed by atoms with Crippen LogP contribution in [0.5, 0.6) is 0 Å². The van der Waals surface area contributed by atoms with Crippen molar-refractivity contribution in [2.24, 2.45) is 5.92 Å². The van der Waals surface area contributed by atoms with E-state index in [0.29, 0.717) is 12.5 Å². The van der Waals surface area contributed by atoms with Gasteiger partial charge in [-0.15, -0.1) is 11.3 Å². The summed E-state index contributed by atoms with van der Waals surface area (Å²) in [5, 5.41) is 10.3. The van der Waals surface area contributed by atoms with Crippen LogP contribution < -0.4 is 0 Å². The van der Waals surface area contributed by atoms with Crippen molar-refractivity contribution in [3.8, 4) is 0 Å². The van der Waals surface area contributed by atoms with Gasteiger partial charge in [-0.1, -0.05) is 6.42 Å². The average Bonchev–Trinajstić information content (AvgIpc) is 3.14. The summed E-state index contributed by atoms with van der Waals surface area (Å²) in [7, 11) is 2.19. The normalized spacial score (nSPS) is 26.0. The highest BCUT2D eigenvalue weighted by Crippen LogP contribution is 2.41. The van der Waals surface area contributed by atoms with E-state index in [9.17, 15) is 13.2 Å². The Kier molecular flexibility index (Phi) is 7.61. The quantitative estimate of drug-likeness (QED) is 0.823. The second-order valence-corrected chi connectivity index (χ2v) is 7.98. The van der Waals surface area contributed by atoms with E-state index in [1.807, 2.05) is 6.92 Å². The van der Waals surface area contributed by atoms with Gasteiger partial charge >= 0.3 is 12.1 Å². The Labute approximate surface area is 160 Å². The number of morpholine rings is 1. The number of rotatable bonds is 4. The maximum Gasteiger partial charge on any atom is 0.490 e. The number of carbonyl (C=O) groups is 1. The smallest absolute Gasteiger partial charge is 0.475 e. The number of halogens is 3. The number of ether oxygens (including phenoxy) is 2. The Bertz CT molecular complexity index is 626. The number of likely N-dealkylation sites (N-methyl/N-ethyl adjacent to an activating group) is 1. The first-order valence-electron chi connectivity index (χ1n) is 8.74. The Morgan fingerprint density at radius 3 is 2.81 bits per heavy atom. The van der Waals surface area contributed by atoms with Crippen molar-refractivity contribution >= 4 is 17.3 Å². The van der Waals surface area contributed by atoms with E-state index in [1.54, 1.807) is 11.3 Å². The molecule has 1 spiro atoms. The van der Waals surface area contributed by atoms with E-state index >= 15 is 0 Å². The molecule has 2 heterocycles. The van der Waals surface area contributed by atoms with E-state index < -0.39 is 12.1 Å². The Balaban J connectivity index is 0.000000321. The molecule has 1 aromatic heterocycles. The summed E-state index contributed by atoms with van der Waals surface area (Å²) < 4.78 is 43.8. The van der Waals surface area contributed by atoms with E-state index in [1.165, 1.54) is 19.3 Å². The van der Waals surface area contributed by atoms with Crippen LogP contribution in [-0.2, 0) is 20.9 Å². The van der Waals surface area contributed by atoms with Crippen LogP contribution >= 0.6 is 11.3 Å². The van der Waals surface area contributed by atoms with Gasteiger partial charge in [0.2, 0.25) is 0 Å². The van der Waals surface area contributed by atoms with E-state index in [0.717, 1.165) is 37.0 Å². The molecule has 1 aliphatic carbocycles. The lowest BCUT2D eigenvalue weighted by Gasteiger charge is -2.42. The van der Waals surface area contributed by atoms with E-state index in [4.69, 9.17) is 19.4 Å². The van der Waals surface area contributed by atoms with Crippen molar-refractivity contribution in [1.29, 1.82) is 0 Å². The molecule has 3 rings (SSSR count). The number of hydrogen-bond donors (Lipinski definition) is 1. The van der Waals surface area contributed by atoms with Crippen LogP contribution in [0.2, 0.25) is 0 Å². The Hall–Kier alpha value is -1.23. The second-order valence-electron chi connectivity index (χ2n) is 6.92. The number of nitrogens with zero attached hydrogens (tertiary/aromatic N) is 2. The molecule has 2 atom stereocenters. The number of hydrogen-bond acceptors (Lipinski definition) is 6. The standard InChI is InChI=1S/C15H24N2O2S.C2HF3O2/c1-12-16-14(10-20-12)9-18-8-13-4-3-5-15(13)11-17(2)6-7-19-15;3-2(4,5)1(6)7/h10,13H,3-9,11H2,1-2H3;(H,6,7)/t13-,15+;/m0./s1. The van der Waals surface area contributed by atoms with Gasteiger partial charge < -0.3 is 19.5 Å². The maximum absolute atomic E-state index is 10.6. The summed E-state index contributed by atoms with van der Waals surface area (Å²) in [6.07, 6.45) is -1.41. The molecule has 0 radical (unpaired) electrons. The van der Waals surface area contributed by atoms with Gasteiger partial charge in [0.05, 0.1) is 36.1 Å². The van der Waals surface area contributed by atoms with Crippen molar-refractivity contribution in [1.82, 2.24) is 9.88 Å². The van der Waals surface area contributed by atoms with Gasteiger partial charge in [0.15, 0.2) is 0 Å². The third-order valence-corrected chi connectivity index (χ3v) is 5.60. The number of aliphatic carboxylic acids is 1. The van der Waals surface area contributed by atoms with Crippen molar-refractivity contribution in [2.45, 2.75) is 44.6 Å². The van der Waals surface area contributed by atoms with Gasteiger partial charge in [0, 0.05) is 24.4 Å². The lowest BCUT2D eigenvalue weighted by atomic mass is 9.89. The molecule has 6 nitrogen and oxygen atoms in total. The summed E-state index contributed by atoms with van der Waals surface area (Å²) in [5.41, 5.74) is 1.10. The first kappa shape index (κ1) is 22.1. The zero-order valence-corrected chi connectivity index (χ0v) is 16.2. The summed E-state index contributed by atoms with van der Waals surface area (Å²) in [5.74, 6) is -2.22. The van der Waals surface area contributed by atoms with Crippen molar-refractivity contribution in [2.75, 3.05) is 33.4 Å². The molecule has 0 bridgehead atoms. The monoisotopic (exact) mass is 410 g/mol. The van der Waals surface area contributed by atoms with Gasteiger partial charge in [0.25, 0.3) is 0 Å². The van der Waals surface area contributed by atoms with Crippen molar-refractivity contribution in [3.05, 3.63) is 16.1 Å². The number of aromatic nitrogens is 1. The van der Waals surface area contributed by atoms with Crippen LogP contribution in [0.4, 0.5) is 13.2 Å². The number of thiazole rings is 1. The number of carboxylic acid groups (broad SMARTS) is 1. The molecular formula is C17H25F3N2O4S. The number of carboxylic acids is 1. The molecule has 0 unspecified atom stereocenters. The highest BCUT2D eigenvalue weighted by atomic mass is 32.1. The average molecular weight is 410 g/mol. The van der Waals surface area contributed by atoms with E-state index in [2.05, 4.69) is 22.3 Å². The molecule has 27 heavy (non-hydrogen) atoms. The minimum atomic E-state index is -5.08. The van der Waals surface area contributed by atoms with Crippen molar-refractivity contribution in [3.63, 3.8) is 0 Å². The number of aryl methyl sites for hydroxylation is 1. The summed E-state index contributed by atoms with van der Waals surface area (Å²) in [6, 6.07) is 0. The Morgan fingerprint density at radius 1 is 1.56 bits per heavy atom. The van der Waals surface area contributed by atoms with Crippen LogP contribution in [0.3, 0.4) is 0 Å². The largest absolute Gasteiger partial charge is 0.490 e. The fourth-order valence-electron chi connectivity index (χ4n) is 3.51. The van der Waals surface area contributed by atoms with E-state index in [-0.39, 0.29) is 5.60 Å². The summed E-state index contributed by atoms with van der Waals surface area (Å²) >= 11 is 1.69. The summed E-state index contributed by atoms with van der Waals surface area (Å²) in [4.78, 5) is 15.7. The van der Waals surface area contributed by atoms with Crippen LogP contribution in [0.25, 0.3) is 0 Å². The highest BCUT2D eigenvalue weighted by molar-refractivity contribution is 7.09. The molecule has 2 fully saturated rings. The fourth-order valence-corrected chi connectivity index (χ4v) is 4.11. The van der Waals surface area contributed by atoms with Gasteiger partial charge in [-0.05, 0) is 26.8 Å². The fraction of sp³-hybridized carbons (Fsp3) is 0.765. The molecule has 1 aliphatic heterocycles. The van der Waals surface area contributed by atoms with Crippen LogP contribution in [0, 0.1) is 12.8 Å². The minimum Gasteiger partial charge on any atom is -0.475 e. The minimum absolute atomic E-state index is 0.0466. The third-order valence-electron chi connectivity index (χ3n) is 4.77. The molecule has 10 heteroatoms. The van der Waals surface area contributed by atoms with Gasteiger partial charge in [-0.25, -0.2) is 9.78 Å². The van der Waals surface area contributed by atoms with Gasteiger partial charge in [-0.3, -0.25) is 0 Å². The first-order valence-corrected chi connectivity index (χ1v) is 9.62. The SMILES string of the molecule is Cc1nc(COC[C@@H]2CCC[C@@]23CN(C)CCO3)cs1.O=C(O)C(F)(F)F. The molecule has 1 saturated heterocycles. The molecular weight excluding hydrogens is 385 g/mol. The topological polar surface area (TPSA) is 71.9 Å². The lowest BCUT2D eigenvalue weighted by molar-refractivity contribution is -0.192. The molecule has 0 amide bonds. The highest BCUT2D eigenvalue weighted by Gasteiger charge is 2.46. The molecule has 154 valence electrons. The molecule has 0 aromatic carbocycles. The molecule has 1 saturated carbocycles. The third kappa shape index (κ3) is 6.41. The Morgan fingerprint density at radius 2 is 2.26 bits per heavy atom. The summed E-state index contributed by atoms with van der Waals surface area (Å²) in [6.45, 7) is 6.42. The maximum atomic E-state index is 10.6. The molecule has 1 N–H and O–H groups in total. The number of alkyl halides is 3. The molecule has 2 aliphatic rings. The zero-order chi connectivity index (χ0) is 20.1. The molecule has 1 aromatic rings. The predicted molar refractivity (Wildman–Crippen MR) is 93.7 cm³/mol. The lowest BCUT2D eigenvalue weighted by Crippen LogP contribution is -2.53. The van der Waals surface area contributed by atoms with Crippen LogP contribution in [0.15, 0.2) is 5.38 Å². The van der Waals surface area contributed by atoms with Crippen LogP contribution in [0.1, 0.15) is 30.0 Å². The predicted octanol–water partition coefficient (Wildman–Crippen LogP) is 3.10. The second kappa shape index (κ2) is 9.31. The van der Waals surface area contributed by atoms with Gasteiger partial charge in [0.1, 0.15) is 0 Å². The zero-order valence-electron chi connectivity index (χ0n) is 15.4. The van der Waals surface area contributed by atoms with Crippen molar-refractivity contribution < 1.29 is 32.5 Å². The first-order chi connectivity index (χ1) is 12.6. The van der Waals surface area contributed by atoms with Gasteiger partial charge in [-0.2, -0.15) is 13.2 Å². The van der Waals surface area contributed by atoms with Crippen LogP contribution in [-0.4, -0.2) is 66.1 Å².